The summed E-state index contributed by atoms with van der Waals surface area (Å²) in [6.07, 6.45) is 0. The standard InChI is InChI=1S/C9H16N4S/c1-5(2)11-9-7(8(10)14)6(3)12-13(9)4/h5,11H,1-4H3,(H2,10,14). The molecule has 0 amide bonds. The van der Waals surface area contributed by atoms with Crippen LogP contribution in [0.4, 0.5) is 5.82 Å². The molecule has 14 heavy (non-hydrogen) atoms. The van der Waals surface area contributed by atoms with E-state index in [4.69, 9.17) is 18.0 Å². The highest BCUT2D eigenvalue weighted by molar-refractivity contribution is 7.80. The number of thiocarbonyl (C=S) groups is 1. The lowest BCUT2D eigenvalue weighted by Crippen LogP contribution is -2.18. The first kappa shape index (κ1) is 11.0. The molecular formula is C9H16N4S. The van der Waals surface area contributed by atoms with Crippen LogP contribution in [0.1, 0.15) is 25.1 Å². The van der Waals surface area contributed by atoms with E-state index >= 15 is 0 Å². The summed E-state index contributed by atoms with van der Waals surface area (Å²) in [7, 11) is 1.87. The van der Waals surface area contributed by atoms with E-state index in [1.807, 2.05) is 14.0 Å². The molecule has 0 radical (unpaired) electrons. The van der Waals surface area contributed by atoms with Crippen LogP contribution in [0.15, 0.2) is 0 Å². The van der Waals surface area contributed by atoms with Gasteiger partial charge in [0, 0.05) is 13.1 Å². The molecule has 0 aliphatic rings. The smallest absolute Gasteiger partial charge is 0.134 e. The Balaban J connectivity index is 3.18. The van der Waals surface area contributed by atoms with E-state index in [-0.39, 0.29) is 0 Å². The largest absolute Gasteiger partial charge is 0.389 e. The van der Waals surface area contributed by atoms with Crippen molar-refractivity contribution in [3.05, 3.63) is 11.3 Å². The highest BCUT2D eigenvalue weighted by atomic mass is 32.1. The van der Waals surface area contributed by atoms with Gasteiger partial charge >= 0.3 is 0 Å². The van der Waals surface area contributed by atoms with Crippen LogP contribution in [0.3, 0.4) is 0 Å². The average Bonchev–Trinajstić information content (AvgIpc) is 2.25. The van der Waals surface area contributed by atoms with Crippen LogP contribution in [0.5, 0.6) is 0 Å². The summed E-state index contributed by atoms with van der Waals surface area (Å²) >= 11 is 4.99. The first-order valence-electron chi connectivity index (χ1n) is 4.53. The quantitative estimate of drug-likeness (QED) is 0.739. The molecule has 5 heteroatoms. The molecule has 0 bridgehead atoms. The number of aryl methyl sites for hydroxylation is 2. The highest BCUT2D eigenvalue weighted by Gasteiger charge is 2.15. The monoisotopic (exact) mass is 212 g/mol. The van der Waals surface area contributed by atoms with Crippen molar-refractivity contribution in [1.29, 1.82) is 0 Å². The van der Waals surface area contributed by atoms with Crippen LogP contribution in [-0.4, -0.2) is 20.8 Å². The predicted octanol–water partition coefficient (Wildman–Crippen LogP) is 1.18. The van der Waals surface area contributed by atoms with Gasteiger partial charge in [0.1, 0.15) is 10.8 Å². The number of rotatable bonds is 3. The first-order valence-corrected chi connectivity index (χ1v) is 4.94. The first-order chi connectivity index (χ1) is 6.43. The maximum absolute atomic E-state index is 5.64. The maximum atomic E-state index is 5.64. The van der Waals surface area contributed by atoms with E-state index in [1.54, 1.807) is 4.68 Å². The van der Waals surface area contributed by atoms with Crippen LogP contribution in [0.25, 0.3) is 0 Å². The summed E-state index contributed by atoms with van der Waals surface area (Å²) in [5.41, 5.74) is 7.35. The average molecular weight is 212 g/mol. The number of aromatic nitrogens is 2. The van der Waals surface area contributed by atoms with Gasteiger partial charge < -0.3 is 11.1 Å². The van der Waals surface area contributed by atoms with Gasteiger partial charge in [-0.3, -0.25) is 4.68 Å². The van der Waals surface area contributed by atoms with E-state index < -0.39 is 0 Å². The summed E-state index contributed by atoms with van der Waals surface area (Å²) in [5.74, 6) is 0.894. The fourth-order valence-corrected chi connectivity index (χ4v) is 1.64. The van der Waals surface area contributed by atoms with Gasteiger partial charge in [0.2, 0.25) is 0 Å². The van der Waals surface area contributed by atoms with Crippen LogP contribution >= 0.6 is 12.2 Å². The van der Waals surface area contributed by atoms with Gasteiger partial charge in [-0.05, 0) is 20.8 Å². The molecule has 0 fully saturated rings. The molecule has 78 valence electrons. The molecule has 1 rings (SSSR count). The molecule has 0 saturated heterocycles. The van der Waals surface area contributed by atoms with Crippen molar-refractivity contribution in [1.82, 2.24) is 9.78 Å². The van der Waals surface area contributed by atoms with Gasteiger partial charge in [0.05, 0.1) is 11.3 Å². The van der Waals surface area contributed by atoms with Gasteiger partial charge in [-0.15, -0.1) is 0 Å². The summed E-state index contributed by atoms with van der Waals surface area (Å²) < 4.78 is 1.77. The molecule has 1 aromatic heterocycles. The Morgan fingerprint density at radius 3 is 2.57 bits per heavy atom. The highest BCUT2D eigenvalue weighted by Crippen LogP contribution is 2.19. The maximum Gasteiger partial charge on any atom is 0.134 e. The van der Waals surface area contributed by atoms with Crippen LogP contribution in [0.2, 0.25) is 0 Å². The zero-order valence-corrected chi connectivity index (χ0v) is 9.77. The molecule has 4 nitrogen and oxygen atoms in total. The molecule has 1 aromatic rings. The van der Waals surface area contributed by atoms with E-state index in [2.05, 4.69) is 24.3 Å². The van der Waals surface area contributed by atoms with Crippen molar-refractivity contribution in [3.8, 4) is 0 Å². The zero-order valence-electron chi connectivity index (χ0n) is 8.96. The normalized spacial score (nSPS) is 10.6. The lowest BCUT2D eigenvalue weighted by molar-refractivity contribution is 0.745. The van der Waals surface area contributed by atoms with Gasteiger partial charge in [0.15, 0.2) is 0 Å². The number of hydrogen-bond acceptors (Lipinski definition) is 3. The SMILES string of the molecule is Cc1nn(C)c(NC(C)C)c1C(N)=S. The van der Waals surface area contributed by atoms with Gasteiger partial charge in [-0.1, -0.05) is 12.2 Å². The zero-order chi connectivity index (χ0) is 10.9. The third-order valence-corrected chi connectivity index (χ3v) is 2.10. The van der Waals surface area contributed by atoms with Crippen LogP contribution in [-0.2, 0) is 7.05 Å². The molecule has 0 aliphatic heterocycles. The van der Waals surface area contributed by atoms with Crippen LogP contribution < -0.4 is 11.1 Å². The molecule has 1 heterocycles. The third kappa shape index (κ3) is 2.04. The second-order valence-electron chi connectivity index (χ2n) is 3.60. The van der Waals surface area contributed by atoms with E-state index in [0.717, 1.165) is 17.1 Å². The van der Waals surface area contributed by atoms with Crippen molar-refractivity contribution in [2.45, 2.75) is 26.8 Å². The third-order valence-electron chi connectivity index (χ3n) is 1.89. The lowest BCUT2D eigenvalue weighted by Gasteiger charge is -2.11. The number of hydrogen-bond donors (Lipinski definition) is 2. The molecule has 0 unspecified atom stereocenters. The number of nitrogens with zero attached hydrogens (tertiary/aromatic N) is 2. The Hall–Kier alpha value is -1.10. The number of nitrogens with one attached hydrogen (secondary N) is 1. The van der Waals surface area contributed by atoms with Crippen molar-refractivity contribution in [2.24, 2.45) is 12.8 Å². The van der Waals surface area contributed by atoms with Crippen molar-refractivity contribution < 1.29 is 0 Å². The fourth-order valence-electron chi connectivity index (χ4n) is 1.39. The Labute approximate surface area is 89.5 Å². The number of nitrogens with two attached hydrogens (primary N) is 1. The summed E-state index contributed by atoms with van der Waals surface area (Å²) in [6, 6.07) is 0.331. The Kier molecular flexibility index (Phi) is 3.10. The number of anilines is 1. The molecule has 0 aliphatic carbocycles. The fraction of sp³-hybridized carbons (Fsp3) is 0.556. The lowest BCUT2D eigenvalue weighted by atomic mass is 10.2. The molecule has 3 N–H and O–H groups in total. The Morgan fingerprint density at radius 2 is 2.14 bits per heavy atom. The Bertz CT molecular complexity index is 354. The minimum absolute atomic E-state index is 0.331. The second kappa shape index (κ2) is 3.96. The minimum atomic E-state index is 0.331. The second-order valence-corrected chi connectivity index (χ2v) is 4.04. The molecular weight excluding hydrogens is 196 g/mol. The van der Waals surface area contributed by atoms with E-state index in [0.29, 0.717) is 11.0 Å². The minimum Gasteiger partial charge on any atom is -0.389 e. The molecule has 0 aromatic carbocycles. The van der Waals surface area contributed by atoms with E-state index in [9.17, 15) is 0 Å². The summed E-state index contributed by atoms with van der Waals surface area (Å²) in [6.45, 7) is 6.03. The predicted molar refractivity (Wildman–Crippen MR) is 62.6 cm³/mol. The summed E-state index contributed by atoms with van der Waals surface area (Å²) in [5, 5.41) is 7.55. The van der Waals surface area contributed by atoms with Gasteiger partial charge in [-0.2, -0.15) is 5.10 Å². The molecule has 0 spiro atoms. The molecule has 0 saturated carbocycles. The van der Waals surface area contributed by atoms with Crippen LogP contribution in [0, 0.1) is 6.92 Å². The van der Waals surface area contributed by atoms with E-state index in [1.165, 1.54) is 0 Å². The van der Waals surface area contributed by atoms with Gasteiger partial charge in [0.25, 0.3) is 0 Å². The summed E-state index contributed by atoms with van der Waals surface area (Å²) in [4.78, 5) is 0.388. The van der Waals surface area contributed by atoms with Gasteiger partial charge in [-0.25, -0.2) is 0 Å². The van der Waals surface area contributed by atoms with Crippen molar-refractivity contribution in [3.63, 3.8) is 0 Å². The van der Waals surface area contributed by atoms with Crippen molar-refractivity contribution >= 4 is 23.0 Å². The topological polar surface area (TPSA) is 55.9 Å². The Morgan fingerprint density at radius 1 is 1.57 bits per heavy atom. The van der Waals surface area contributed by atoms with Crippen molar-refractivity contribution in [2.75, 3.05) is 5.32 Å². The molecule has 0 atom stereocenters.